The maximum Gasteiger partial charge on any atom is 0.161 e. The van der Waals surface area contributed by atoms with Crippen molar-refractivity contribution >= 4 is 0 Å². The number of rotatable bonds is 24. The Bertz CT molecular complexity index is 472. The summed E-state index contributed by atoms with van der Waals surface area (Å²) in [6.07, 6.45) is 0. The number of para-hydroxylation sites is 2. The van der Waals surface area contributed by atoms with Gasteiger partial charge in [-0.3, -0.25) is 0 Å². The molecule has 2 N–H and O–H groups in total. The molecule has 32 heavy (non-hydrogen) atoms. The van der Waals surface area contributed by atoms with Crippen molar-refractivity contribution in [2.24, 2.45) is 0 Å². The number of benzene rings is 1. The Kier molecular flexibility index (Phi) is 20.2. The molecule has 0 aliphatic carbocycles. The molecule has 1 aromatic rings. The van der Waals surface area contributed by atoms with E-state index in [0.29, 0.717) is 104 Å². The summed E-state index contributed by atoms with van der Waals surface area (Å²) in [5.41, 5.74) is 0. The predicted octanol–water partition coefficient (Wildman–Crippen LogP) is 0.528. The van der Waals surface area contributed by atoms with E-state index >= 15 is 0 Å². The molecule has 0 saturated carbocycles. The highest BCUT2D eigenvalue weighted by Gasteiger charge is 2.04. The monoisotopic (exact) mass is 462 g/mol. The lowest BCUT2D eigenvalue weighted by atomic mass is 10.3. The van der Waals surface area contributed by atoms with Gasteiger partial charge in [0.15, 0.2) is 11.5 Å². The first-order valence-electron chi connectivity index (χ1n) is 10.9. The van der Waals surface area contributed by atoms with Gasteiger partial charge in [0.05, 0.1) is 92.5 Å². The lowest BCUT2D eigenvalue weighted by Gasteiger charge is -2.13. The third-order valence-corrected chi connectivity index (χ3v) is 3.78. The van der Waals surface area contributed by atoms with Crippen LogP contribution in [0.3, 0.4) is 0 Å². The molecule has 0 saturated heterocycles. The van der Waals surface area contributed by atoms with Crippen molar-refractivity contribution < 1.29 is 48.1 Å². The standard InChI is InChI=1S/C22H38O10/c23-5-7-25-9-11-27-13-15-29-17-19-31-21-3-1-2-4-22(21)32-20-18-30-16-14-28-12-10-26-8-6-24/h1-4,23-24H,5-20H2. The van der Waals surface area contributed by atoms with Crippen LogP contribution in [0.5, 0.6) is 11.5 Å². The fourth-order valence-corrected chi connectivity index (χ4v) is 2.32. The van der Waals surface area contributed by atoms with Gasteiger partial charge in [-0.05, 0) is 12.1 Å². The number of aliphatic hydroxyl groups excluding tert-OH is 2. The Morgan fingerprint density at radius 1 is 0.406 bits per heavy atom. The summed E-state index contributed by atoms with van der Waals surface area (Å²) in [5, 5.41) is 17.2. The summed E-state index contributed by atoms with van der Waals surface area (Å²) in [6.45, 7) is 6.12. The van der Waals surface area contributed by atoms with Crippen molar-refractivity contribution in [1.29, 1.82) is 0 Å². The zero-order chi connectivity index (χ0) is 23.0. The second-order valence-corrected chi connectivity index (χ2v) is 6.27. The van der Waals surface area contributed by atoms with E-state index in [2.05, 4.69) is 0 Å². The molecule has 10 nitrogen and oxygen atoms in total. The van der Waals surface area contributed by atoms with E-state index < -0.39 is 0 Å². The van der Waals surface area contributed by atoms with Crippen molar-refractivity contribution in [1.82, 2.24) is 0 Å². The zero-order valence-corrected chi connectivity index (χ0v) is 18.8. The van der Waals surface area contributed by atoms with E-state index in [0.717, 1.165) is 0 Å². The number of ether oxygens (including phenoxy) is 8. The average Bonchev–Trinajstić information content (AvgIpc) is 2.81. The van der Waals surface area contributed by atoms with Crippen molar-refractivity contribution in [3.8, 4) is 11.5 Å². The minimum absolute atomic E-state index is 0.0186. The molecule has 0 radical (unpaired) electrons. The molecule has 10 heteroatoms. The summed E-state index contributed by atoms with van der Waals surface area (Å²) in [6, 6.07) is 7.46. The Labute approximate surface area is 190 Å². The van der Waals surface area contributed by atoms with Crippen molar-refractivity contribution in [2.45, 2.75) is 0 Å². The van der Waals surface area contributed by atoms with Crippen LogP contribution < -0.4 is 9.47 Å². The largest absolute Gasteiger partial charge is 0.487 e. The second-order valence-electron chi connectivity index (χ2n) is 6.27. The molecule has 0 spiro atoms. The summed E-state index contributed by atoms with van der Waals surface area (Å²) in [5.74, 6) is 1.30. The van der Waals surface area contributed by atoms with Gasteiger partial charge >= 0.3 is 0 Å². The molecule has 0 amide bonds. The normalized spacial score (nSPS) is 11.1. The van der Waals surface area contributed by atoms with Gasteiger partial charge in [-0.15, -0.1) is 0 Å². The predicted molar refractivity (Wildman–Crippen MR) is 117 cm³/mol. The maximum absolute atomic E-state index is 8.58. The van der Waals surface area contributed by atoms with Crippen molar-refractivity contribution in [3.63, 3.8) is 0 Å². The van der Waals surface area contributed by atoms with Gasteiger partial charge in [-0.2, -0.15) is 0 Å². The minimum Gasteiger partial charge on any atom is -0.487 e. The van der Waals surface area contributed by atoms with Gasteiger partial charge in [-0.25, -0.2) is 0 Å². The Hall–Kier alpha value is -1.50. The van der Waals surface area contributed by atoms with Crippen LogP contribution in [0.4, 0.5) is 0 Å². The van der Waals surface area contributed by atoms with Crippen LogP contribution in [0.2, 0.25) is 0 Å². The fourth-order valence-electron chi connectivity index (χ4n) is 2.32. The van der Waals surface area contributed by atoms with Gasteiger partial charge in [0.2, 0.25) is 0 Å². The molecular weight excluding hydrogens is 424 g/mol. The highest BCUT2D eigenvalue weighted by atomic mass is 16.6. The van der Waals surface area contributed by atoms with Crippen LogP contribution >= 0.6 is 0 Å². The molecule has 0 unspecified atom stereocenters. The first-order chi connectivity index (χ1) is 15.9. The van der Waals surface area contributed by atoms with E-state index in [1.807, 2.05) is 24.3 Å². The molecule has 0 aliphatic heterocycles. The molecular formula is C22H38O10. The van der Waals surface area contributed by atoms with E-state index in [9.17, 15) is 0 Å². The van der Waals surface area contributed by atoms with Gasteiger partial charge < -0.3 is 48.1 Å². The molecule has 1 aromatic carbocycles. The lowest BCUT2D eigenvalue weighted by molar-refractivity contribution is 0.00239. The Morgan fingerprint density at radius 2 is 0.688 bits per heavy atom. The van der Waals surface area contributed by atoms with Crippen LogP contribution in [0.1, 0.15) is 0 Å². The third-order valence-electron chi connectivity index (χ3n) is 3.78. The number of hydrogen-bond donors (Lipinski definition) is 2. The fraction of sp³-hybridized carbons (Fsp3) is 0.727. The number of hydrogen-bond acceptors (Lipinski definition) is 10. The molecule has 186 valence electrons. The zero-order valence-electron chi connectivity index (χ0n) is 18.8. The molecule has 0 aromatic heterocycles. The van der Waals surface area contributed by atoms with Gasteiger partial charge in [-0.1, -0.05) is 12.1 Å². The number of aliphatic hydroxyl groups is 2. The summed E-state index contributed by atoms with van der Waals surface area (Å²) >= 11 is 0. The molecule has 0 bridgehead atoms. The van der Waals surface area contributed by atoms with Gasteiger partial charge in [0.1, 0.15) is 13.2 Å². The van der Waals surface area contributed by atoms with E-state index in [-0.39, 0.29) is 13.2 Å². The van der Waals surface area contributed by atoms with Crippen LogP contribution in [-0.2, 0) is 28.4 Å². The average molecular weight is 463 g/mol. The molecule has 0 heterocycles. The van der Waals surface area contributed by atoms with Crippen LogP contribution in [0.15, 0.2) is 24.3 Å². The molecule has 0 fully saturated rings. The third kappa shape index (κ3) is 17.1. The van der Waals surface area contributed by atoms with E-state index in [4.69, 9.17) is 48.1 Å². The SMILES string of the molecule is OCCOCCOCCOCCOc1ccccc1OCCOCCOCCOCCO. The second kappa shape index (κ2) is 22.7. The van der Waals surface area contributed by atoms with Crippen LogP contribution in [0.25, 0.3) is 0 Å². The highest BCUT2D eigenvalue weighted by Crippen LogP contribution is 2.26. The van der Waals surface area contributed by atoms with Gasteiger partial charge in [0.25, 0.3) is 0 Å². The van der Waals surface area contributed by atoms with E-state index in [1.54, 1.807) is 0 Å². The molecule has 0 aliphatic rings. The molecule has 0 atom stereocenters. The lowest BCUT2D eigenvalue weighted by Crippen LogP contribution is -2.14. The maximum atomic E-state index is 8.58. The van der Waals surface area contributed by atoms with Crippen LogP contribution in [-0.4, -0.2) is 116 Å². The topological polar surface area (TPSA) is 114 Å². The minimum atomic E-state index is 0.0186. The Morgan fingerprint density at radius 3 is 1.00 bits per heavy atom. The summed E-state index contributed by atoms with van der Waals surface area (Å²) in [7, 11) is 0. The van der Waals surface area contributed by atoms with Crippen LogP contribution in [0, 0.1) is 0 Å². The van der Waals surface area contributed by atoms with Gasteiger partial charge in [0, 0.05) is 0 Å². The molecule has 1 rings (SSSR count). The quantitative estimate of drug-likeness (QED) is 0.211. The Balaban J connectivity index is 1.99. The summed E-state index contributed by atoms with van der Waals surface area (Å²) < 4.78 is 43.3. The van der Waals surface area contributed by atoms with Crippen molar-refractivity contribution in [3.05, 3.63) is 24.3 Å². The summed E-state index contributed by atoms with van der Waals surface area (Å²) in [4.78, 5) is 0. The van der Waals surface area contributed by atoms with Crippen molar-refractivity contribution in [2.75, 3.05) is 106 Å². The first-order valence-corrected chi connectivity index (χ1v) is 10.9. The first kappa shape index (κ1) is 28.5. The highest BCUT2D eigenvalue weighted by molar-refractivity contribution is 5.39. The smallest absolute Gasteiger partial charge is 0.161 e. The van der Waals surface area contributed by atoms with E-state index in [1.165, 1.54) is 0 Å².